The Bertz CT molecular complexity index is 1690. The van der Waals surface area contributed by atoms with Gasteiger partial charge >= 0.3 is 19.5 Å². The van der Waals surface area contributed by atoms with E-state index in [1.807, 2.05) is 44.2 Å². The molecule has 2 aliphatic rings. The van der Waals surface area contributed by atoms with E-state index < -0.39 is 5.60 Å². The van der Waals surface area contributed by atoms with Gasteiger partial charge in [0, 0.05) is 0 Å². The van der Waals surface area contributed by atoms with E-state index in [4.69, 9.17) is 10.00 Å². The van der Waals surface area contributed by atoms with Gasteiger partial charge in [0.05, 0.1) is 17.6 Å². The maximum atomic E-state index is 9.14. The van der Waals surface area contributed by atoms with Crippen LogP contribution in [0.2, 0.25) is 0 Å². The van der Waals surface area contributed by atoms with Crippen molar-refractivity contribution in [1.82, 2.24) is 0 Å². The molecule has 55 heavy (non-hydrogen) atoms. The molecule has 1 saturated carbocycles. The fourth-order valence-corrected chi connectivity index (χ4v) is 12.7. The Kier molecular flexibility index (Phi) is 17.6. The van der Waals surface area contributed by atoms with Crippen LogP contribution in [0.15, 0.2) is 152 Å². The summed E-state index contributed by atoms with van der Waals surface area (Å²) in [7, 11) is -0.618. The van der Waals surface area contributed by atoms with Crippen molar-refractivity contribution in [2.75, 3.05) is 12.3 Å². The SMILES string of the molecule is CC1(C)O[C-]=C(c2ccccc2)C1C#N.CC1C(C)C(C)C(C)C1C.[Ru+2].c1ccc(P(CCCP(c2ccccc2)c2ccccc2)c2ccccc2)cc1. The Balaban J connectivity index is 0.000000215. The van der Waals surface area contributed by atoms with Gasteiger partial charge in [-0.15, -0.1) is 12.1 Å². The third-order valence-corrected chi connectivity index (χ3v) is 17.0. The molecule has 1 unspecified atom stereocenters. The summed E-state index contributed by atoms with van der Waals surface area (Å²) >= 11 is 0. The third-order valence-electron chi connectivity index (χ3n) is 11.8. The number of nitrogens with zero attached hydrogens (tertiary/aromatic N) is 1. The van der Waals surface area contributed by atoms with Crippen molar-refractivity contribution in [2.45, 2.75) is 60.5 Å². The molecular formula is C50H58NOP2Ru+. The molecule has 0 bridgehead atoms. The Morgan fingerprint density at radius 1 is 0.527 bits per heavy atom. The molecule has 0 amide bonds. The van der Waals surface area contributed by atoms with E-state index >= 15 is 0 Å². The average molecular weight is 852 g/mol. The van der Waals surface area contributed by atoms with Crippen LogP contribution in [0.4, 0.5) is 0 Å². The molecule has 286 valence electrons. The number of hydrogen-bond donors (Lipinski definition) is 0. The fraction of sp³-hybridized carbons (Fsp3) is 0.340. The van der Waals surface area contributed by atoms with E-state index in [1.54, 1.807) is 0 Å². The van der Waals surface area contributed by atoms with Crippen LogP contribution in [0.5, 0.6) is 0 Å². The molecule has 0 radical (unpaired) electrons. The van der Waals surface area contributed by atoms with Crippen molar-refractivity contribution in [3.63, 3.8) is 0 Å². The minimum atomic E-state index is -0.472. The number of benzene rings is 5. The molecule has 1 aliphatic heterocycles. The van der Waals surface area contributed by atoms with E-state index in [0.717, 1.165) is 40.7 Å². The maximum Gasteiger partial charge on any atom is 2.00 e. The Morgan fingerprint density at radius 2 is 0.818 bits per heavy atom. The van der Waals surface area contributed by atoms with Gasteiger partial charge < -0.3 is 4.74 Å². The van der Waals surface area contributed by atoms with Gasteiger partial charge in [0.1, 0.15) is 0 Å². The van der Waals surface area contributed by atoms with Crippen LogP contribution in [0.1, 0.15) is 60.5 Å². The Labute approximate surface area is 348 Å². The smallest absolute Gasteiger partial charge is 0.587 e. The van der Waals surface area contributed by atoms with Crippen LogP contribution in [0.25, 0.3) is 5.57 Å². The first kappa shape index (κ1) is 44.3. The third kappa shape index (κ3) is 11.8. The van der Waals surface area contributed by atoms with Gasteiger partial charge in [-0.25, -0.2) is 0 Å². The molecule has 1 aliphatic carbocycles. The molecule has 0 aromatic heterocycles. The molecular weight excluding hydrogens is 794 g/mol. The van der Waals surface area contributed by atoms with Crippen LogP contribution in [0.3, 0.4) is 0 Å². The van der Waals surface area contributed by atoms with Crippen LogP contribution in [-0.2, 0) is 24.2 Å². The summed E-state index contributed by atoms with van der Waals surface area (Å²) in [6.45, 7) is 15.8. The van der Waals surface area contributed by atoms with Crippen molar-refractivity contribution in [3.8, 4) is 6.07 Å². The van der Waals surface area contributed by atoms with Crippen molar-refractivity contribution < 1.29 is 24.2 Å². The van der Waals surface area contributed by atoms with E-state index in [1.165, 1.54) is 40.0 Å². The first-order chi connectivity index (χ1) is 26.1. The second kappa shape index (κ2) is 21.8. The molecule has 0 saturated heterocycles. The van der Waals surface area contributed by atoms with E-state index in [2.05, 4.69) is 168 Å². The van der Waals surface area contributed by atoms with Gasteiger partial charge in [0.15, 0.2) is 0 Å². The minimum Gasteiger partial charge on any atom is -0.587 e. The molecule has 2 nitrogen and oxygen atoms in total. The summed E-state index contributed by atoms with van der Waals surface area (Å²) in [6, 6.07) is 56.3. The van der Waals surface area contributed by atoms with E-state index in [-0.39, 0.29) is 41.2 Å². The van der Waals surface area contributed by atoms with Gasteiger partial charge in [-0.05, 0) is 99.2 Å². The van der Waals surface area contributed by atoms with Crippen LogP contribution in [0, 0.1) is 53.1 Å². The zero-order valence-corrected chi connectivity index (χ0v) is 37.1. The monoisotopic (exact) mass is 852 g/mol. The van der Waals surface area contributed by atoms with Gasteiger partial charge in [-0.1, -0.05) is 180 Å². The van der Waals surface area contributed by atoms with E-state index in [9.17, 15) is 0 Å². The second-order valence-corrected chi connectivity index (χ2v) is 20.1. The maximum absolute atomic E-state index is 9.14. The summed E-state index contributed by atoms with van der Waals surface area (Å²) in [5, 5.41) is 15.1. The number of rotatable bonds is 9. The molecule has 1 atom stereocenters. The molecule has 5 heteroatoms. The molecule has 7 rings (SSSR count). The van der Waals surface area contributed by atoms with Crippen molar-refractivity contribution >= 4 is 42.6 Å². The van der Waals surface area contributed by atoms with Crippen molar-refractivity contribution in [1.29, 1.82) is 5.26 Å². The zero-order chi connectivity index (χ0) is 38.5. The van der Waals surface area contributed by atoms with Crippen LogP contribution in [-0.4, -0.2) is 17.9 Å². The minimum absolute atomic E-state index is 0. The molecule has 0 spiro atoms. The molecule has 5 aromatic rings. The predicted octanol–water partition coefficient (Wildman–Crippen LogP) is 11.6. The normalized spacial score (nSPS) is 22.1. The second-order valence-electron chi connectivity index (χ2n) is 15.4. The van der Waals surface area contributed by atoms with Gasteiger partial charge in [0.2, 0.25) is 0 Å². The molecule has 0 N–H and O–H groups in total. The summed E-state index contributed by atoms with van der Waals surface area (Å²) < 4.78 is 5.40. The van der Waals surface area contributed by atoms with E-state index in [0.29, 0.717) is 0 Å². The number of nitriles is 1. The summed E-state index contributed by atoms with van der Waals surface area (Å²) in [5.41, 5.74) is 1.39. The van der Waals surface area contributed by atoms with Gasteiger partial charge in [-0.3, -0.25) is 0 Å². The standard InChI is InChI=1S/C27H26P2.C13H12NO.C10H20.Ru/c1-5-14-24(15-6-1)28(25-16-7-2-8-17-25)22-13-23-29(26-18-9-3-10-19-26)27-20-11-4-12-21-27;1-13(2)12(8-14)11(9-15-13)10-6-4-3-5-7-10;1-6-7(2)9(4)10(5)8(6)3;/h1-12,14-21H,13,22-23H2;3-7,12H,1-2H3;6-10H,1-5H3;/q;-1;;+2. The first-order valence-corrected chi connectivity index (χ1v) is 22.7. The molecule has 5 aromatic carbocycles. The zero-order valence-electron chi connectivity index (χ0n) is 33.6. The largest absolute Gasteiger partial charge is 2.00 e. The molecule has 1 fully saturated rings. The van der Waals surface area contributed by atoms with Gasteiger partial charge in [0.25, 0.3) is 0 Å². The Morgan fingerprint density at radius 3 is 1.11 bits per heavy atom. The fourth-order valence-electron chi connectivity index (χ4n) is 7.74. The Hall–Kier alpha value is -3.39. The van der Waals surface area contributed by atoms with Crippen LogP contribution < -0.4 is 21.2 Å². The topological polar surface area (TPSA) is 33.0 Å². The summed E-state index contributed by atoms with van der Waals surface area (Å²) in [5.74, 6) is 4.43. The number of hydrogen-bond acceptors (Lipinski definition) is 2. The number of ether oxygens (including phenoxy) is 1. The quantitative estimate of drug-likeness (QED) is 0.0841. The molecule has 1 heterocycles. The first-order valence-electron chi connectivity index (χ1n) is 19.6. The van der Waals surface area contributed by atoms with Crippen molar-refractivity contribution in [3.05, 3.63) is 163 Å². The average Bonchev–Trinajstić information content (AvgIpc) is 3.62. The van der Waals surface area contributed by atoms with Crippen molar-refractivity contribution in [2.24, 2.45) is 35.5 Å². The van der Waals surface area contributed by atoms with Gasteiger partial charge in [-0.2, -0.15) is 16.4 Å². The predicted molar refractivity (Wildman–Crippen MR) is 236 cm³/mol. The van der Waals surface area contributed by atoms with Crippen LogP contribution >= 0.6 is 15.8 Å². The summed E-state index contributed by atoms with van der Waals surface area (Å²) in [4.78, 5) is 0. The summed E-state index contributed by atoms with van der Waals surface area (Å²) in [6.07, 6.45) is 6.58.